The van der Waals surface area contributed by atoms with E-state index in [1.165, 1.54) is 24.3 Å². The van der Waals surface area contributed by atoms with E-state index in [1.807, 2.05) is 0 Å². The molecule has 0 unspecified atom stereocenters. The number of benzene rings is 2. The standard InChI is InChI=1S/C14H12N4O4S/c1-9-5-6-11(8-13(9)18(21)22)16-14(23)15-10-3-2-4-12(7-10)17(19)20/h2-8H,1H3,(H2,15,16,23). The van der Waals surface area contributed by atoms with Gasteiger partial charge in [0.05, 0.1) is 9.85 Å². The fourth-order valence-electron chi connectivity index (χ4n) is 1.87. The summed E-state index contributed by atoms with van der Waals surface area (Å²) in [5.74, 6) is 0. The number of nitrogens with one attached hydrogen (secondary N) is 2. The van der Waals surface area contributed by atoms with Crippen LogP contribution in [0.15, 0.2) is 42.5 Å². The second kappa shape index (κ2) is 6.79. The lowest BCUT2D eigenvalue weighted by Gasteiger charge is -2.10. The van der Waals surface area contributed by atoms with E-state index in [0.29, 0.717) is 16.9 Å². The average Bonchev–Trinajstić information content (AvgIpc) is 2.49. The summed E-state index contributed by atoms with van der Waals surface area (Å²) in [6.45, 7) is 1.64. The number of non-ortho nitro benzene ring substituents is 1. The molecule has 0 fully saturated rings. The number of anilines is 2. The van der Waals surface area contributed by atoms with E-state index in [9.17, 15) is 20.2 Å². The average molecular weight is 332 g/mol. The molecule has 0 amide bonds. The molecule has 0 saturated heterocycles. The molecule has 0 saturated carbocycles. The van der Waals surface area contributed by atoms with Gasteiger partial charge in [0.25, 0.3) is 11.4 Å². The Morgan fingerprint density at radius 1 is 1.00 bits per heavy atom. The lowest BCUT2D eigenvalue weighted by atomic mass is 10.2. The first-order valence-corrected chi connectivity index (χ1v) is 6.85. The maximum Gasteiger partial charge on any atom is 0.274 e. The number of aryl methyl sites for hydroxylation is 1. The fourth-order valence-corrected chi connectivity index (χ4v) is 2.11. The first kappa shape index (κ1) is 16.3. The lowest BCUT2D eigenvalue weighted by Crippen LogP contribution is -2.19. The van der Waals surface area contributed by atoms with Crippen LogP contribution in [-0.2, 0) is 0 Å². The minimum Gasteiger partial charge on any atom is -0.332 e. The molecule has 0 bridgehead atoms. The van der Waals surface area contributed by atoms with Crippen LogP contribution in [0.25, 0.3) is 0 Å². The van der Waals surface area contributed by atoms with Gasteiger partial charge in [0, 0.05) is 35.1 Å². The van der Waals surface area contributed by atoms with Crippen molar-refractivity contribution < 1.29 is 9.85 Å². The maximum atomic E-state index is 10.9. The van der Waals surface area contributed by atoms with Crippen LogP contribution in [0.5, 0.6) is 0 Å². The first-order valence-electron chi connectivity index (χ1n) is 6.44. The Kier molecular flexibility index (Phi) is 4.82. The highest BCUT2D eigenvalue weighted by molar-refractivity contribution is 7.80. The van der Waals surface area contributed by atoms with Crippen molar-refractivity contribution in [2.75, 3.05) is 10.6 Å². The number of nitro benzene ring substituents is 2. The molecule has 118 valence electrons. The summed E-state index contributed by atoms with van der Waals surface area (Å²) >= 11 is 5.11. The molecule has 0 aliphatic heterocycles. The van der Waals surface area contributed by atoms with E-state index in [-0.39, 0.29) is 16.5 Å². The summed E-state index contributed by atoms with van der Waals surface area (Å²) in [6.07, 6.45) is 0. The summed E-state index contributed by atoms with van der Waals surface area (Å²) in [7, 11) is 0. The van der Waals surface area contributed by atoms with Gasteiger partial charge in [-0.3, -0.25) is 20.2 Å². The molecule has 8 nitrogen and oxygen atoms in total. The van der Waals surface area contributed by atoms with Crippen LogP contribution >= 0.6 is 12.2 Å². The van der Waals surface area contributed by atoms with Crippen molar-refractivity contribution >= 4 is 40.1 Å². The Labute approximate surface area is 136 Å². The fraction of sp³-hybridized carbons (Fsp3) is 0.0714. The van der Waals surface area contributed by atoms with Crippen molar-refractivity contribution in [1.29, 1.82) is 0 Å². The molecule has 0 atom stereocenters. The van der Waals surface area contributed by atoms with Crippen LogP contribution in [0.3, 0.4) is 0 Å². The molecule has 0 spiro atoms. The smallest absolute Gasteiger partial charge is 0.274 e. The number of hydrogen-bond donors (Lipinski definition) is 2. The van der Waals surface area contributed by atoms with Crippen LogP contribution in [0.4, 0.5) is 22.7 Å². The zero-order valence-corrected chi connectivity index (χ0v) is 12.8. The van der Waals surface area contributed by atoms with Gasteiger partial charge in [-0.15, -0.1) is 0 Å². The zero-order valence-electron chi connectivity index (χ0n) is 12.0. The molecule has 0 heterocycles. The summed E-state index contributed by atoms with van der Waals surface area (Å²) in [4.78, 5) is 20.7. The van der Waals surface area contributed by atoms with E-state index >= 15 is 0 Å². The predicted octanol–water partition coefficient (Wildman–Crippen LogP) is 3.62. The monoisotopic (exact) mass is 332 g/mol. The quantitative estimate of drug-likeness (QED) is 0.500. The topological polar surface area (TPSA) is 110 Å². The van der Waals surface area contributed by atoms with Crippen LogP contribution < -0.4 is 10.6 Å². The summed E-state index contributed by atoms with van der Waals surface area (Å²) in [5.41, 5.74) is 1.35. The zero-order chi connectivity index (χ0) is 17.0. The highest BCUT2D eigenvalue weighted by atomic mass is 32.1. The number of hydrogen-bond acceptors (Lipinski definition) is 5. The second-order valence-corrected chi connectivity index (χ2v) is 5.05. The van der Waals surface area contributed by atoms with Gasteiger partial charge in [0.15, 0.2) is 5.11 Å². The van der Waals surface area contributed by atoms with Crippen molar-refractivity contribution in [2.45, 2.75) is 6.92 Å². The molecule has 2 rings (SSSR count). The maximum absolute atomic E-state index is 10.9. The van der Waals surface area contributed by atoms with Crippen molar-refractivity contribution in [3.05, 3.63) is 68.3 Å². The van der Waals surface area contributed by atoms with Gasteiger partial charge in [-0.2, -0.15) is 0 Å². The third-order valence-corrected chi connectivity index (χ3v) is 3.18. The highest BCUT2D eigenvalue weighted by Gasteiger charge is 2.12. The second-order valence-electron chi connectivity index (χ2n) is 4.64. The number of nitrogens with zero attached hydrogens (tertiary/aromatic N) is 2. The minimum absolute atomic E-state index is 0.0202. The minimum atomic E-state index is -0.509. The Hall–Kier alpha value is -3.07. The number of rotatable bonds is 4. The third-order valence-electron chi connectivity index (χ3n) is 2.98. The largest absolute Gasteiger partial charge is 0.332 e. The van der Waals surface area contributed by atoms with Gasteiger partial charge in [0.2, 0.25) is 0 Å². The molecule has 2 aromatic carbocycles. The van der Waals surface area contributed by atoms with E-state index in [0.717, 1.165) is 0 Å². The molecule has 0 radical (unpaired) electrons. The normalized spacial score (nSPS) is 9.96. The van der Waals surface area contributed by atoms with Crippen LogP contribution in [-0.4, -0.2) is 15.0 Å². The third kappa shape index (κ3) is 4.20. The van der Waals surface area contributed by atoms with Crippen molar-refractivity contribution in [2.24, 2.45) is 0 Å². The first-order chi connectivity index (χ1) is 10.9. The Balaban J connectivity index is 2.11. The van der Waals surface area contributed by atoms with Gasteiger partial charge in [0.1, 0.15) is 0 Å². The van der Waals surface area contributed by atoms with Crippen LogP contribution in [0.2, 0.25) is 0 Å². The molecule has 9 heteroatoms. The van der Waals surface area contributed by atoms with Crippen molar-refractivity contribution in [1.82, 2.24) is 0 Å². The van der Waals surface area contributed by atoms with Gasteiger partial charge in [-0.25, -0.2) is 0 Å². The molecule has 0 aromatic heterocycles. The molecule has 2 N–H and O–H groups in total. The molecule has 0 aliphatic rings. The Morgan fingerprint density at radius 2 is 1.65 bits per heavy atom. The summed E-state index contributed by atoms with van der Waals surface area (Å²) < 4.78 is 0. The molecule has 0 aliphatic carbocycles. The SMILES string of the molecule is Cc1ccc(NC(=S)Nc2cccc([N+](=O)[O-])c2)cc1[N+](=O)[O-]. The molecule has 23 heavy (non-hydrogen) atoms. The van der Waals surface area contributed by atoms with Gasteiger partial charge in [-0.1, -0.05) is 12.1 Å². The molecule has 2 aromatic rings. The lowest BCUT2D eigenvalue weighted by molar-refractivity contribution is -0.385. The number of nitro groups is 2. The van der Waals surface area contributed by atoms with Crippen LogP contribution in [0, 0.1) is 27.2 Å². The Bertz CT molecular complexity index is 794. The predicted molar refractivity (Wildman–Crippen MR) is 90.8 cm³/mol. The van der Waals surface area contributed by atoms with E-state index in [4.69, 9.17) is 12.2 Å². The molecular weight excluding hydrogens is 320 g/mol. The van der Waals surface area contributed by atoms with E-state index in [2.05, 4.69) is 10.6 Å². The number of thiocarbonyl (C=S) groups is 1. The summed E-state index contributed by atoms with van der Waals surface area (Å²) in [5, 5.41) is 27.4. The summed E-state index contributed by atoms with van der Waals surface area (Å²) in [6, 6.07) is 10.5. The van der Waals surface area contributed by atoms with Gasteiger partial charge < -0.3 is 10.6 Å². The highest BCUT2D eigenvalue weighted by Crippen LogP contribution is 2.23. The van der Waals surface area contributed by atoms with E-state index < -0.39 is 9.85 Å². The van der Waals surface area contributed by atoms with Gasteiger partial charge >= 0.3 is 0 Å². The Morgan fingerprint density at radius 3 is 2.26 bits per heavy atom. The van der Waals surface area contributed by atoms with Gasteiger partial charge in [-0.05, 0) is 31.3 Å². The van der Waals surface area contributed by atoms with Crippen molar-refractivity contribution in [3.63, 3.8) is 0 Å². The van der Waals surface area contributed by atoms with Crippen LogP contribution in [0.1, 0.15) is 5.56 Å². The van der Waals surface area contributed by atoms with Crippen molar-refractivity contribution in [3.8, 4) is 0 Å². The van der Waals surface area contributed by atoms with E-state index in [1.54, 1.807) is 25.1 Å². The molecular formula is C14H12N4O4S.